The molecular weight excluding hydrogens is 648 g/mol. The number of likely N-dealkylation sites (tertiary alicyclic amines) is 1. The molecule has 4 heterocycles. The largest absolute Gasteiger partial charge is 0.444 e. The summed E-state index contributed by atoms with van der Waals surface area (Å²) in [5.41, 5.74) is 5.94. The van der Waals surface area contributed by atoms with Crippen LogP contribution in [0.2, 0.25) is 5.02 Å². The molecule has 2 fully saturated rings. The van der Waals surface area contributed by atoms with Gasteiger partial charge in [0.2, 0.25) is 6.41 Å². The Kier molecular flexibility index (Phi) is 11.2. The van der Waals surface area contributed by atoms with E-state index in [4.69, 9.17) is 21.3 Å². The Balaban J connectivity index is 0.000000182. The highest BCUT2D eigenvalue weighted by Crippen LogP contribution is 2.38. The first-order valence-corrected chi connectivity index (χ1v) is 18.1. The van der Waals surface area contributed by atoms with E-state index in [1.165, 1.54) is 22.3 Å². The van der Waals surface area contributed by atoms with E-state index >= 15 is 0 Å². The number of halogens is 1. The van der Waals surface area contributed by atoms with Crippen molar-refractivity contribution in [3.63, 3.8) is 0 Å². The first-order chi connectivity index (χ1) is 24.1. The summed E-state index contributed by atoms with van der Waals surface area (Å²) in [7, 11) is 0. The fourth-order valence-corrected chi connectivity index (χ4v) is 7.90. The maximum atomic E-state index is 12.4. The lowest BCUT2D eigenvalue weighted by Gasteiger charge is -2.42. The van der Waals surface area contributed by atoms with Gasteiger partial charge in [0.05, 0.1) is 18.1 Å². The van der Waals surface area contributed by atoms with E-state index in [9.17, 15) is 9.59 Å². The summed E-state index contributed by atoms with van der Waals surface area (Å²) in [6, 6.07) is 21.1. The molecule has 1 unspecified atom stereocenters. The topological polar surface area (TPSA) is 83.8 Å². The van der Waals surface area contributed by atoms with Crippen LogP contribution in [0.1, 0.15) is 67.6 Å². The fourth-order valence-electron chi connectivity index (χ4n) is 7.70. The number of piperidine rings is 1. The molecule has 2 saturated heterocycles. The van der Waals surface area contributed by atoms with Crippen LogP contribution in [-0.4, -0.2) is 86.6 Å². The molecule has 4 aromatic rings. The van der Waals surface area contributed by atoms with Gasteiger partial charge in [0.15, 0.2) is 0 Å². The van der Waals surface area contributed by atoms with Crippen molar-refractivity contribution in [3.05, 3.63) is 119 Å². The number of fused-ring (bicyclic) bond motifs is 2. The summed E-state index contributed by atoms with van der Waals surface area (Å²) in [6.07, 6.45) is 13.5. The molecule has 2 aromatic carbocycles. The molecule has 1 aliphatic carbocycles. The summed E-state index contributed by atoms with van der Waals surface area (Å²) in [5.74, 6) is 0. The van der Waals surface area contributed by atoms with Gasteiger partial charge in [-0.15, -0.1) is 0 Å². The minimum atomic E-state index is -0.476. The Bertz CT molecular complexity index is 1720. The Hall–Kier alpha value is -4.21. The van der Waals surface area contributed by atoms with Gasteiger partial charge in [-0.1, -0.05) is 54.1 Å². The number of benzene rings is 2. The van der Waals surface area contributed by atoms with Crippen LogP contribution in [0.15, 0.2) is 85.6 Å². The molecule has 0 spiro atoms. The average Bonchev–Trinajstić information content (AvgIpc) is 3.55. The molecule has 50 heavy (non-hydrogen) atoms. The molecular formula is C40H49ClN6O3. The van der Waals surface area contributed by atoms with Crippen molar-refractivity contribution in [1.29, 1.82) is 0 Å². The zero-order chi connectivity index (χ0) is 35.1. The number of imidazole rings is 1. The van der Waals surface area contributed by atoms with Gasteiger partial charge in [0, 0.05) is 74.8 Å². The van der Waals surface area contributed by atoms with E-state index in [1.54, 1.807) is 4.90 Å². The van der Waals surface area contributed by atoms with Gasteiger partial charge in [-0.05, 0) is 93.3 Å². The predicted molar refractivity (Wildman–Crippen MR) is 196 cm³/mol. The molecule has 7 rings (SSSR count). The number of amides is 2. The second-order valence-corrected chi connectivity index (χ2v) is 15.3. The first-order valence-electron chi connectivity index (χ1n) is 17.7. The van der Waals surface area contributed by atoms with E-state index in [1.807, 2.05) is 68.8 Å². The molecule has 10 heteroatoms. The molecule has 264 valence electrons. The number of aryl methyl sites for hydroxylation is 2. The van der Waals surface area contributed by atoms with Crippen LogP contribution in [0, 0.1) is 5.41 Å². The summed E-state index contributed by atoms with van der Waals surface area (Å²) in [6.45, 7) is 11.2. The highest BCUT2D eigenvalue weighted by molar-refractivity contribution is 6.30. The highest BCUT2D eigenvalue weighted by Gasteiger charge is 2.36. The van der Waals surface area contributed by atoms with Crippen LogP contribution in [0.5, 0.6) is 0 Å². The molecule has 2 amide bonds. The smallest absolute Gasteiger partial charge is 0.410 e. The van der Waals surface area contributed by atoms with Crippen LogP contribution in [0.3, 0.4) is 0 Å². The first kappa shape index (κ1) is 35.6. The summed E-state index contributed by atoms with van der Waals surface area (Å²) in [5, 5.41) is 0.774. The van der Waals surface area contributed by atoms with Crippen LogP contribution in [0.4, 0.5) is 4.79 Å². The predicted octanol–water partition coefficient (Wildman–Crippen LogP) is 6.84. The Morgan fingerprint density at radius 1 is 0.980 bits per heavy atom. The number of piperazine rings is 1. The number of aromatic nitrogens is 3. The van der Waals surface area contributed by atoms with Crippen LogP contribution < -0.4 is 0 Å². The van der Waals surface area contributed by atoms with Crippen molar-refractivity contribution in [2.24, 2.45) is 5.41 Å². The van der Waals surface area contributed by atoms with Gasteiger partial charge in [-0.25, -0.2) is 9.78 Å². The molecule has 0 saturated carbocycles. The van der Waals surface area contributed by atoms with E-state index in [-0.39, 0.29) is 17.6 Å². The van der Waals surface area contributed by atoms with E-state index in [0.29, 0.717) is 13.1 Å². The molecule has 3 aliphatic rings. The quantitative estimate of drug-likeness (QED) is 0.205. The monoisotopic (exact) mass is 696 g/mol. The molecule has 2 aromatic heterocycles. The zero-order valence-corrected chi connectivity index (χ0v) is 30.3. The standard InChI is InChI=1S/C23H28ClN3O2.C17H21N3O/c1-23(2,3)29-22(28)27-13-11-26(12-14-27)21-19-9-8-18(24)15-17(19)7-6-16-5-4-10-25-20(16)21;21-15-20-9-4-7-17(13-20,12-19-10-8-18-14-19)11-16-5-2-1-3-6-16/h4-5,8-10,15,21H,6-7,11-14H2,1-3H3;1-3,5-6,8,10,14-15H,4,7,9,11-13H2/t21-;/m1./s1. The lowest BCUT2D eigenvalue weighted by molar-refractivity contribution is -0.121. The minimum Gasteiger partial charge on any atom is -0.444 e. The molecule has 0 bridgehead atoms. The van der Waals surface area contributed by atoms with Crippen molar-refractivity contribution in [2.45, 2.75) is 71.1 Å². The third kappa shape index (κ3) is 8.92. The van der Waals surface area contributed by atoms with Crippen LogP contribution in [-0.2, 0) is 35.3 Å². The number of nitrogens with zero attached hydrogens (tertiary/aromatic N) is 6. The maximum absolute atomic E-state index is 12.4. The Morgan fingerprint density at radius 3 is 2.48 bits per heavy atom. The highest BCUT2D eigenvalue weighted by atomic mass is 35.5. The second kappa shape index (κ2) is 15.8. The lowest BCUT2D eigenvalue weighted by Crippen LogP contribution is -2.51. The third-order valence-corrected chi connectivity index (χ3v) is 10.2. The van der Waals surface area contributed by atoms with Crippen molar-refractivity contribution >= 4 is 24.1 Å². The third-order valence-electron chi connectivity index (χ3n) is 9.92. The summed E-state index contributed by atoms with van der Waals surface area (Å²) < 4.78 is 7.68. The SMILES string of the molecule is CC(C)(C)OC(=O)N1CCN([C@@H]2c3ccc(Cl)cc3CCc3cccnc32)CC1.O=CN1CCCC(Cc2ccccc2)(Cn2ccnc2)C1. The van der Waals surface area contributed by atoms with Crippen molar-refractivity contribution in [2.75, 3.05) is 39.3 Å². The van der Waals surface area contributed by atoms with Gasteiger partial charge < -0.3 is 19.1 Å². The van der Waals surface area contributed by atoms with Crippen LogP contribution in [0.25, 0.3) is 0 Å². The number of ether oxygens (including phenoxy) is 1. The van der Waals surface area contributed by atoms with E-state index in [0.717, 1.165) is 82.0 Å². The normalized spacial score (nSPS) is 20.8. The average molecular weight is 697 g/mol. The Labute approximate surface area is 301 Å². The van der Waals surface area contributed by atoms with Gasteiger partial charge in [-0.2, -0.15) is 0 Å². The zero-order valence-electron chi connectivity index (χ0n) is 29.5. The number of carbonyl (C=O) groups excluding carboxylic acids is 2. The molecule has 9 nitrogen and oxygen atoms in total. The fraction of sp³-hybridized carbons (Fsp3) is 0.450. The number of carbonyl (C=O) groups is 2. The number of hydrogen-bond donors (Lipinski definition) is 0. The number of rotatable bonds is 6. The van der Waals surface area contributed by atoms with Gasteiger partial charge in [0.1, 0.15) is 5.60 Å². The van der Waals surface area contributed by atoms with Gasteiger partial charge >= 0.3 is 6.09 Å². The molecule has 0 N–H and O–H groups in total. The number of hydrogen-bond acceptors (Lipinski definition) is 6. The second-order valence-electron chi connectivity index (χ2n) is 14.9. The van der Waals surface area contributed by atoms with Gasteiger partial charge in [0.25, 0.3) is 0 Å². The van der Waals surface area contributed by atoms with Crippen LogP contribution >= 0.6 is 11.6 Å². The minimum absolute atomic E-state index is 0.0850. The number of pyridine rings is 1. The molecule has 2 aliphatic heterocycles. The van der Waals surface area contributed by atoms with E-state index < -0.39 is 5.60 Å². The maximum Gasteiger partial charge on any atom is 0.410 e. The van der Waals surface area contributed by atoms with Gasteiger partial charge in [-0.3, -0.25) is 14.7 Å². The lowest BCUT2D eigenvalue weighted by atomic mass is 9.75. The van der Waals surface area contributed by atoms with Crippen molar-refractivity contribution in [1.82, 2.24) is 29.2 Å². The Morgan fingerprint density at radius 2 is 1.76 bits per heavy atom. The summed E-state index contributed by atoms with van der Waals surface area (Å²) >= 11 is 6.29. The van der Waals surface area contributed by atoms with E-state index in [2.05, 4.69) is 56.9 Å². The molecule has 2 atom stereocenters. The molecule has 0 radical (unpaired) electrons. The summed E-state index contributed by atoms with van der Waals surface area (Å²) in [4.78, 5) is 38.7. The van der Waals surface area contributed by atoms with Crippen molar-refractivity contribution < 1.29 is 14.3 Å². The van der Waals surface area contributed by atoms with Crippen molar-refractivity contribution in [3.8, 4) is 0 Å².